The van der Waals surface area contributed by atoms with Gasteiger partial charge in [-0.15, -0.1) is 0 Å². The van der Waals surface area contributed by atoms with Crippen molar-refractivity contribution in [2.24, 2.45) is 0 Å². The minimum Gasteiger partial charge on any atom is -0.492 e. The molecule has 0 spiro atoms. The number of nitrogens with zero attached hydrogens (tertiary/aromatic N) is 1. The van der Waals surface area contributed by atoms with Gasteiger partial charge in [-0.2, -0.15) is 4.31 Å². The van der Waals surface area contributed by atoms with Crippen molar-refractivity contribution >= 4 is 31.5 Å². The van der Waals surface area contributed by atoms with Crippen LogP contribution in [0.2, 0.25) is 5.02 Å². The second-order valence-electron chi connectivity index (χ2n) is 6.66. The lowest BCUT2D eigenvalue weighted by atomic mass is 10.2. The van der Waals surface area contributed by atoms with Gasteiger partial charge in [-0.1, -0.05) is 17.7 Å². The van der Waals surface area contributed by atoms with Crippen LogP contribution in [0.3, 0.4) is 0 Å². The molecule has 1 unspecified atom stereocenters. The van der Waals surface area contributed by atoms with Gasteiger partial charge in [0.2, 0.25) is 10.0 Å². The fraction of sp³-hybridized carbons (Fsp3) is 0.368. The maximum atomic E-state index is 13.2. The SMILES string of the molecule is CCOc1ccc(C)cc1S(=O)(=O)N1CCC(S(=O)(=O)c2ccc(Cl)cc2)C1. The quantitative estimate of drug-likeness (QED) is 0.684. The van der Waals surface area contributed by atoms with Crippen molar-refractivity contribution in [3.8, 4) is 5.75 Å². The molecule has 1 saturated heterocycles. The van der Waals surface area contributed by atoms with E-state index in [1.165, 1.54) is 28.6 Å². The van der Waals surface area contributed by atoms with Gasteiger partial charge in [0, 0.05) is 18.1 Å². The molecule has 1 atom stereocenters. The molecule has 0 N–H and O–H groups in total. The number of benzene rings is 2. The van der Waals surface area contributed by atoms with Crippen LogP contribution < -0.4 is 4.74 Å². The summed E-state index contributed by atoms with van der Waals surface area (Å²) in [5, 5.41) is -0.360. The summed E-state index contributed by atoms with van der Waals surface area (Å²) >= 11 is 5.83. The standard InChI is InChI=1S/C19H22ClNO5S2/c1-3-26-18-9-4-14(2)12-19(18)28(24,25)21-11-10-17(13-21)27(22,23)16-7-5-15(20)6-8-16/h4-9,12,17H,3,10-11,13H2,1-2H3. The van der Waals surface area contributed by atoms with E-state index in [9.17, 15) is 16.8 Å². The van der Waals surface area contributed by atoms with Gasteiger partial charge >= 0.3 is 0 Å². The van der Waals surface area contributed by atoms with Gasteiger partial charge in [0.15, 0.2) is 9.84 Å². The number of sulfone groups is 1. The van der Waals surface area contributed by atoms with E-state index in [0.717, 1.165) is 5.56 Å². The molecule has 152 valence electrons. The molecule has 0 saturated carbocycles. The lowest BCUT2D eigenvalue weighted by molar-refractivity contribution is 0.329. The van der Waals surface area contributed by atoms with Crippen molar-refractivity contribution in [1.82, 2.24) is 4.31 Å². The molecule has 1 heterocycles. The highest BCUT2D eigenvalue weighted by Gasteiger charge is 2.40. The van der Waals surface area contributed by atoms with Gasteiger partial charge in [-0.05, 0) is 62.2 Å². The Morgan fingerprint density at radius 2 is 1.79 bits per heavy atom. The van der Waals surface area contributed by atoms with Crippen molar-refractivity contribution in [1.29, 1.82) is 0 Å². The number of rotatable bonds is 6. The van der Waals surface area contributed by atoms with Crippen LogP contribution in [0.15, 0.2) is 52.3 Å². The predicted octanol–water partition coefficient (Wildman–Crippen LogP) is 3.28. The lowest BCUT2D eigenvalue weighted by Crippen LogP contribution is -2.32. The van der Waals surface area contributed by atoms with E-state index in [1.807, 2.05) is 0 Å². The van der Waals surface area contributed by atoms with E-state index >= 15 is 0 Å². The van der Waals surface area contributed by atoms with Crippen molar-refractivity contribution < 1.29 is 21.6 Å². The maximum Gasteiger partial charge on any atom is 0.246 e. The van der Waals surface area contributed by atoms with Gasteiger partial charge in [0.1, 0.15) is 10.6 Å². The van der Waals surface area contributed by atoms with Gasteiger partial charge in [0.25, 0.3) is 0 Å². The fourth-order valence-electron chi connectivity index (χ4n) is 3.22. The molecule has 0 amide bonds. The van der Waals surface area contributed by atoms with E-state index < -0.39 is 25.1 Å². The Bertz CT molecular complexity index is 1070. The Balaban J connectivity index is 1.89. The molecule has 3 rings (SSSR count). The van der Waals surface area contributed by atoms with Gasteiger partial charge < -0.3 is 4.74 Å². The molecule has 0 aliphatic carbocycles. The number of aryl methyl sites for hydroxylation is 1. The number of sulfonamides is 1. The monoisotopic (exact) mass is 443 g/mol. The molecule has 0 bridgehead atoms. The van der Waals surface area contributed by atoms with Crippen LogP contribution in [0.5, 0.6) is 5.75 Å². The molecular formula is C19H22ClNO5S2. The zero-order chi connectivity index (χ0) is 20.5. The Kier molecular flexibility index (Phi) is 6.05. The zero-order valence-electron chi connectivity index (χ0n) is 15.6. The first-order valence-electron chi connectivity index (χ1n) is 8.89. The molecule has 1 aliphatic rings. The molecule has 28 heavy (non-hydrogen) atoms. The molecule has 9 heteroatoms. The van der Waals surface area contributed by atoms with Crippen molar-refractivity contribution in [2.75, 3.05) is 19.7 Å². The molecule has 0 aromatic heterocycles. The summed E-state index contributed by atoms with van der Waals surface area (Å²) in [5.74, 6) is 0.275. The third kappa shape index (κ3) is 4.05. The molecule has 2 aromatic carbocycles. The van der Waals surface area contributed by atoms with E-state index in [2.05, 4.69) is 0 Å². The van der Waals surface area contributed by atoms with Crippen LogP contribution >= 0.6 is 11.6 Å². The summed E-state index contributed by atoms with van der Waals surface area (Å²) in [5.41, 5.74) is 0.784. The van der Waals surface area contributed by atoms with Crippen LogP contribution in [-0.4, -0.2) is 46.1 Å². The first kappa shape index (κ1) is 21.1. The second kappa shape index (κ2) is 8.02. The van der Waals surface area contributed by atoms with Crippen molar-refractivity contribution in [2.45, 2.75) is 35.3 Å². The van der Waals surface area contributed by atoms with E-state index in [-0.39, 0.29) is 35.1 Å². The van der Waals surface area contributed by atoms with Gasteiger partial charge in [-0.25, -0.2) is 16.8 Å². The number of hydrogen-bond acceptors (Lipinski definition) is 5. The molecule has 0 radical (unpaired) electrons. The van der Waals surface area contributed by atoms with Crippen LogP contribution in [0.4, 0.5) is 0 Å². The van der Waals surface area contributed by atoms with Gasteiger partial charge in [-0.3, -0.25) is 0 Å². The number of hydrogen-bond donors (Lipinski definition) is 0. The van der Waals surface area contributed by atoms with Crippen LogP contribution in [-0.2, 0) is 19.9 Å². The van der Waals surface area contributed by atoms with Crippen molar-refractivity contribution in [3.63, 3.8) is 0 Å². The smallest absolute Gasteiger partial charge is 0.246 e. The summed E-state index contributed by atoms with van der Waals surface area (Å²) < 4.78 is 58.8. The Morgan fingerprint density at radius 1 is 1.11 bits per heavy atom. The Morgan fingerprint density at radius 3 is 2.43 bits per heavy atom. The summed E-state index contributed by atoms with van der Waals surface area (Å²) in [4.78, 5) is 0.214. The second-order valence-corrected chi connectivity index (χ2v) is 11.2. The molecule has 6 nitrogen and oxygen atoms in total. The minimum absolute atomic E-state index is 0.0684. The molecule has 1 fully saturated rings. The third-order valence-electron chi connectivity index (χ3n) is 4.71. The maximum absolute atomic E-state index is 13.2. The van der Waals surface area contributed by atoms with Crippen LogP contribution in [0.1, 0.15) is 18.9 Å². The first-order chi connectivity index (χ1) is 13.2. The fourth-order valence-corrected chi connectivity index (χ4v) is 6.85. The molecule has 1 aliphatic heterocycles. The summed E-state index contributed by atoms with van der Waals surface area (Å²) in [6, 6.07) is 10.9. The van der Waals surface area contributed by atoms with Crippen LogP contribution in [0.25, 0.3) is 0 Å². The normalized spacial score (nSPS) is 18.3. The van der Waals surface area contributed by atoms with E-state index in [0.29, 0.717) is 11.6 Å². The van der Waals surface area contributed by atoms with Crippen LogP contribution in [0, 0.1) is 6.92 Å². The molecular weight excluding hydrogens is 422 g/mol. The number of ether oxygens (including phenoxy) is 1. The Hall–Kier alpha value is -1.61. The summed E-state index contributed by atoms with van der Waals surface area (Å²) in [7, 11) is -7.53. The summed E-state index contributed by atoms with van der Waals surface area (Å²) in [6.45, 7) is 3.96. The average Bonchev–Trinajstić information content (AvgIpc) is 3.15. The minimum atomic E-state index is -3.87. The zero-order valence-corrected chi connectivity index (χ0v) is 18.0. The molecule has 2 aromatic rings. The Labute approximate surface area is 171 Å². The highest BCUT2D eigenvalue weighted by atomic mass is 35.5. The topological polar surface area (TPSA) is 80.8 Å². The largest absolute Gasteiger partial charge is 0.492 e. The van der Waals surface area contributed by atoms with E-state index in [4.69, 9.17) is 16.3 Å². The number of halogens is 1. The third-order valence-corrected chi connectivity index (χ3v) is 9.04. The first-order valence-corrected chi connectivity index (χ1v) is 12.3. The summed E-state index contributed by atoms with van der Waals surface area (Å²) in [6.07, 6.45) is 0.236. The van der Waals surface area contributed by atoms with Gasteiger partial charge in [0.05, 0.1) is 16.8 Å². The average molecular weight is 444 g/mol. The van der Waals surface area contributed by atoms with Crippen molar-refractivity contribution in [3.05, 3.63) is 53.1 Å². The lowest BCUT2D eigenvalue weighted by Gasteiger charge is -2.19. The predicted molar refractivity (Wildman–Crippen MR) is 108 cm³/mol. The highest BCUT2D eigenvalue weighted by molar-refractivity contribution is 7.92. The van der Waals surface area contributed by atoms with E-state index in [1.54, 1.807) is 32.0 Å². The highest BCUT2D eigenvalue weighted by Crippen LogP contribution is 2.32.